The molecule has 1 heterocycles. The molecule has 0 atom stereocenters. The van der Waals surface area contributed by atoms with Gasteiger partial charge < -0.3 is 5.32 Å². The second kappa shape index (κ2) is 7.06. The number of nitrogens with one attached hydrogen (secondary N) is 1. The topological polar surface area (TPSA) is 65.8 Å². The Bertz CT molecular complexity index is 839. The molecular formula is C19H19N3OS. The van der Waals surface area contributed by atoms with Crippen molar-refractivity contribution in [2.75, 3.05) is 11.1 Å². The highest BCUT2D eigenvalue weighted by Gasteiger charge is 2.17. The second-order valence-corrected chi connectivity index (χ2v) is 6.96. The molecule has 0 aliphatic heterocycles. The number of aromatic nitrogens is 1. The quantitative estimate of drug-likeness (QED) is 0.862. The molecule has 0 unspecified atom stereocenters. The Kier molecular flexibility index (Phi) is 4.86. The van der Waals surface area contributed by atoms with Gasteiger partial charge in [0.15, 0.2) is 0 Å². The third-order valence-corrected chi connectivity index (χ3v) is 5.35. The lowest BCUT2D eigenvalue weighted by molar-refractivity contribution is -0.113. The molecule has 0 fully saturated rings. The van der Waals surface area contributed by atoms with Crippen LogP contribution in [0.15, 0.2) is 29.3 Å². The summed E-state index contributed by atoms with van der Waals surface area (Å²) in [5, 5.41) is 12.9. The highest BCUT2D eigenvalue weighted by atomic mass is 32.2. The van der Waals surface area contributed by atoms with Crippen LogP contribution in [0.25, 0.3) is 0 Å². The molecule has 0 radical (unpaired) electrons. The first-order valence-electron chi connectivity index (χ1n) is 8.00. The van der Waals surface area contributed by atoms with Crippen molar-refractivity contribution in [2.45, 2.75) is 38.1 Å². The zero-order valence-electron chi connectivity index (χ0n) is 13.8. The number of benzene rings is 1. The molecule has 5 heteroatoms. The molecule has 0 bridgehead atoms. The summed E-state index contributed by atoms with van der Waals surface area (Å²) in [6, 6.07) is 9.99. The van der Waals surface area contributed by atoms with Crippen LogP contribution >= 0.6 is 11.8 Å². The molecule has 1 aromatic heterocycles. The Hall–Kier alpha value is -2.32. The van der Waals surface area contributed by atoms with E-state index in [0.29, 0.717) is 10.6 Å². The molecular weight excluding hydrogens is 318 g/mol. The predicted octanol–water partition coefficient (Wildman–Crippen LogP) is 3.79. The number of rotatable bonds is 4. The Morgan fingerprint density at radius 2 is 2.21 bits per heavy atom. The van der Waals surface area contributed by atoms with Gasteiger partial charge in [0.05, 0.1) is 11.3 Å². The number of hydrogen-bond acceptors (Lipinski definition) is 4. The standard InChI is InChI=1S/C19H19N3OS/c1-12-5-3-7-16(13(12)2)21-18(23)11-24-19-15(10-20)9-14-6-4-8-17(14)22-19/h3,5,7,9H,4,6,8,11H2,1-2H3,(H,21,23). The largest absolute Gasteiger partial charge is 0.325 e. The van der Waals surface area contributed by atoms with Gasteiger partial charge in [0.25, 0.3) is 0 Å². The summed E-state index contributed by atoms with van der Waals surface area (Å²) in [5.41, 5.74) is 5.88. The highest BCUT2D eigenvalue weighted by molar-refractivity contribution is 8.00. The van der Waals surface area contributed by atoms with Crippen LogP contribution in [0.4, 0.5) is 5.69 Å². The number of nitriles is 1. The van der Waals surface area contributed by atoms with Crippen LogP contribution < -0.4 is 5.32 Å². The number of hydrogen-bond donors (Lipinski definition) is 1. The monoisotopic (exact) mass is 337 g/mol. The lowest BCUT2D eigenvalue weighted by Gasteiger charge is -2.10. The molecule has 1 aromatic carbocycles. The smallest absolute Gasteiger partial charge is 0.234 e. The zero-order chi connectivity index (χ0) is 17.1. The van der Waals surface area contributed by atoms with E-state index >= 15 is 0 Å². The summed E-state index contributed by atoms with van der Waals surface area (Å²) >= 11 is 1.33. The molecule has 0 spiro atoms. The summed E-state index contributed by atoms with van der Waals surface area (Å²) in [5.74, 6) is 0.160. The number of anilines is 1. The van der Waals surface area contributed by atoms with E-state index in [1.165, 1.54) is 17.3 Å². The van der Waals surface area contributed by atoms with E-state index in [2.05, 4.69) is 16.4 Å². The van der Waals surface area contributed by atoms with Crippen molar-refractivity contribution in [3.8, 4) is 6.07 Å². The number of aryl methyl sites for hydroxylation is 3. The van der Waals surface area contributed by atoms with E-state index in [9.17, 15) is 10.1 Å². The van der Waals surface area contributed by atoms with Gasteiger partial charge in [-0.2, -0.15) is 5.26 Å². The minimum atomic E-state index is -0.0834. The van der Waals surface area contributed by atoms with Crippen molar-refractivity contribution in [3.63, 3.8) is 0 Å². The number of fused-ring (bicyclic) bond motifs is 1. The molecule has 0 saturated carbocycles. The lowest BCUT2D eigenvalue weighted by Crippen LogP contribution is -2.15. The van der Waals surface area contributed by atoms with Crippen molar-refractivity contribution >= 4 is 23.4 Å². The van der Waals surface area contributed by atoms with E-state index in [1.807, 2.05) is 38.1 Å². The Morgan fingerprint density at radius 3 is 3.00 bits per heavy atom. The Balaban J connectivity index is 1.69. The molecule has 1 N–H and O–H groups in total. The van der Waals surface area contributed by atoms with Crippen LogP contribution in [0.5, 0.6) is 0 Å². The first kappa shape index (κ1) is 16.5. The molecule has 3 rings (SSSR count). The molecule has 24 heavy (non-hydrogen) atoms. The fourth-order valence-corrected chi connectivity index (χ4v) is 3.62. The minimum absolute atomic E-state index is 0.0834. The van der Waals surface area contributed by atoms with Crippen LogP contribution in [0, 0.1) is 25.2 Å². The van der Waals surface area contributed by atoms with E-state index in [4.69, 9.17) is 0 Å². The Morgan fingerprint density at radius 1 is 1.38 bits per heavy atom. The number of pyridine rings is 1. The van der Waals surface area contributed by atoms with E-state index < -0.39 is 0 Å². The third kappa shape index (κ3) is 3.44. The zero-order valence-corrected chi connectivity index (χ0v) is 14.7. The Labute approximate surface area is 146 Å². The van der Waals surface area contributed by atoms with Gasteiger partial charge in [-0.25, -0.2) is 4.98 Å². The van der Waals surface area contributed by atoms with Gasteiger partial charge in [-0.3, -0.25) is 4.79 Å². The second-order valence-electron chi connectivity index (χ2n) is 6.00. The molecule has 122 valence electrons. The van der Waals surface area contributed by atoms with Gasteiger partial charge >= 0.3 is 0 Å². The number of nitrogens with zero attached hydrogens (tertiary/aromatic N) is 2. The van der Waals surface area contributed by atoms with Gasteiger partial charge in [-0.05, 0) is 61.9 Å². The molecule has 0 saturated heterocycles. The average Bonchev–Trinajstić information content (AvgIpc) is 3.03. The van der Waals surface area contributed by atoms with Crippen LogP contribution in [0.1, 0.15) is 34.4 Å². The fourth-order valence-electron chi connectivity index (χ4n) is 2.85. The van der Waals surface area contributed by atoms with Crippen LogP contribution in [-0.2, 0) is 17.6 Å². The van der Waals surface area contributed by atoms with Crippen LogP contribution in [-0.4, -0.2) is 16.6 Å². The van der Waals surface area contributed by atoms with E-state index in [1.54, 1.807) is 0 Å². The van der Waals surface area contributed by atoms with Crippen LogP contribution in [0.3, 0.4) is 0 Å². The van der Waals surface area contributed by atoms with Crippen molar-refractivity contribution in [1.82, 2.24) is 4.98 Å². The SMILES string of the molecule is Cc1cccc(NC(=O)CSc2nc3c(cc2C#N)CCC3)c1C. The van der Waals surface area contributed by atoms with Crippen molar-refractivity contribution in [2.24, 2.45) is 0 Å². The van der Waals surface area contributed by atoms with Crippen molar-refractivity contribution < 1.29 is 4.79 Å². The van der Waals surface area contributed by atoms with Crippen LogP contribution in [0.2, 0.25) is 0 Å². The van der Waals surface area contributed by atoms with E-state index in [0.717, 1.165) is 41.8 Å². The van der Waals surface area contributed by atoms with Gasteiger partial charge in [0.1, 0.15) is 11.1 Å². The van der Waals surface area contributed by atoms with Gasteiger partial charge in [0.2, 0.25) is 5.91 Å². The summed E-state index contributed by atoms with van der Waals surface area (Å²) in [4.78, 5) is 16.8. The number of carbonyl (C=O) groups is 1. The molecule has 1 amide bonds. The first-order valence-corrected chi connectivity index (χ1v) is 8.99. The molecule has 1 aliphatic carbocycles. The molecule has 4 nitrogen and oxygen atoms in total. The summed E-state index contributed by atoms with van der Waals surface area (Å²) in [6.07, 6.45) is 3.05. The molecule has 2 aromatic rings. The minimum Gasteiger partial charge on any atom is -0.325 e. The highest BCUT2D eigenvalue weighted by Crippen LogP contribution is 2.28. The van der Waals surface area contributed by atoms with Crippen molar-refractivity contribution in [1.29, 1.82) is 5.26 Å². The van der Waals surface area contributed by atoms with Gasteiger partial charge in [-0.15, -0.1) is 0 Å². The van der Waals surface area contributed by atoms with E-state index in [-0.39, 0.29) is 11.7 Å². The summed E-state index contributed by atoms with van der Waals surface area (Å²) in [6.45, 7) is 4.02. The maximum atomic E-state index is 12.2. The lowest BCUT2D eigenvalue weighted by atomic mass is 10.1. The van der Waals surface area contributed by atoms with Crippen molar-refractivity contribution in [3.05, 3.63) is 52.2 Å². The number of thioether (sulfide) groups is 1. The normalized spacial score (nSPS) is 12.5. The third-order valence-electron chi connectivity index (χ3n) is 4.35. The number of carbonyl (C=O) groups excluding carboxylic acids is 1. The molecule has 1 aliphatic rings. The van der Waals surface area contributed by atoms with Gasteiger partial charge in [-0.1, -0.05) is 23.9 Å². The predicted molar refractivity (Wildman–Crippen MR) is 96.2 cm³/mol. The maximum absolute atomic E-state index is 12.2. The maximum Gasteiger partial charge on any atom is 0.234 e. The average molecular weight is 337 g/mol. The summed E-state index contributed by atoms with van der Waals surface area (Å²) in [7, 11) is 0. The fraction of sp³-hybridized carbons (Fsp3) is 0.316. The number of amides is 1. The van der Waals surface area contributed by atoms with Gasteiger partial charge in [0, 0.05) is 11.4 Å². The first-order chi connectivity index (χ1) is 11.6. The summed E-state index contributed by atoms with van der Waals surface area (Å²) < 4.78 is 0.